The molecule has 4 rings (SSSR count). The Bertz CT molecular complexity index is 991. The zero-order chi connectivity index (χ0) is 24.6. The predicted octanol–water partition coefficient (Wildman–Crippen LogP) is 3.45. The molecule has 1 aromatic carbocycles. The first-order chi connectivity index (χ1) is 17.0. The van der Waals surface area contributed by atoms with E-state index in [1.54, 1.807) is 15.8 Å². The Morgan fingerprint density at radius 2 is 1.74 bits per heavy atom. The number of fused-ring (bicyclic) bond motifs is 2. The molecular formula is C27H38N4O4. The van der Waals surface area contributed by atoms with Gasteiger partial charge in [0.05, 0.1) is 18.7 Å². The molecule has 0 unspecified atom stereocenters. The molecule has 0 saturated carbocycles. The zero-order valence-electron chi connectivity index (χ0n) is 21.0. The molecule has 2 amide bonds. The zero-order valence-corrected chi connectivity index (χ0v) is 21.0. The normalized spacial score (nSPS) is 22.4. The highest BCUT2D eigenvalue weighted by atomic mass is 16.5. The highest BCUT2D eigenvalue weighted by Crippen LogP contribution is 2.26. The topological polar surface area (TPSA) is 76.9 Å². The standard InChI is InChI=1S/C27H38N4O4/c1-29-17-9-5-3-4-6-10-18-34-24-19-31(26(32)14-13-21-15-16-28-30(21)2)20-25(24)35-23-12-8-7-11-22(23)27(29)33/h7-8,11-12,15-16,24-25H,3-6,9-10,13-14,17-20H2,1-2H3/t24-,25-/m1/s1. The number of nitrogens with zero attached hydrogens (tertiary/aromatic N) is 4. The van der Waals surface area contributed by atoms with Crippen molar-refractivity contribution in [2.24, 2.45) is 7.05 Å². The van der Waals surface area contributed by atoms with Crippen LogP contribution in [0.1, 0.15) is 61.0 Å². The van der Waals surface area contributed by atoms with E-state index >= 15 is 0 Å². The van der Waals surface area contributed by atoms with E-state index in [4.69, 9.17) is 9.47 Å². The number of para-hydroxylation sites is 1. The van der Waals surface area contributed by atoms with Gasteiger partial charge >= 0.3 is 0 Å². The Morgan fingerprint density at radius 1 is 1.00 bits per heavy atom. The molecule has 190 valence electrons. The molecule has 3 heterocycles. The second-order valence-corrected chi connectivity index (χ2v) is 9.65. The van der Waals surface area contributed by atoms with Crippen molar-refractivity contribution < 1.29 is 19.1 Å². The Balaban J connectivity index is 1.48. The second-order valence-electron chi connectivity index (χ2n) is 9.65. The minimum Gasteiger partial charge on any atom is -0.485 e. The van der Waals surface area contributed by atoms with Crippen LogP contribution in [-0.4, -0.2) is 76.9 Å². The average Bonchev–Trinajstić information content (AvgIpc) is 3.46. The largest absolute Gasteiger partial charge is 0.485 e. The number of ether oxygens (including phenoxy) is 2. The van der Waals surface area contributed by atoms with Gasteiger partial charge in [0.25, 0.3) is 5.91 Å². The van der Waals surface area contributed by atoms with Crippen LogP contribution in [0.15, 0.2) is 36.5 Å². The number of carbonyl (C=O) groups excluding carboxylic acids is 2. The van der Waals surface area contributed by atoms with Crippen molar-refractivity contribution in [3.63, 3.8) is 0 Å². The minimum atomic E-state index is -0.317. The maximum Gasteiger partial charge on any atom is 0.257 e. The second kappa shape index (κ2) is 12.2. The van der Waals surface area contributed by atoms with Crippen LogP contribution < -0.4 is 4.74 Å². The van der Waals surface area contributed by atoms with Crippen LogP contribution in [0.2, 0.25) is 0 Å². The number of rotatable bonds is 3. The van der Waals surface area contributed by atoms with Crippen molar-refractivity contribution in [2.75, 3.05) is 33.3 Å². The molecule has 2 aromatic rings. The summed E-state index contributed by atoms with van der Waals surface area (Å²) in [5, 5.41) is 4.18. The first-order valence-electron chi connectivity index (χ1n) is 12.9. The van der Waals surface area contributed by atoms with Crippen LogP contribution in [0, 0.1) is 0 Å². The lowest BCUT2D eigenvalue weighted by Gasteiger charge is -2.24. The monoisotopic (exact) mass is 482 g/mol. The quantitative estimate of drug-likeness (QED) is 0.670. The Hall–Kier alpha value is -2.87. The first kappa shape index (κ1) is 25.2. The molecule has 2 aliphatic heterocycles. The SMILES string of the molecule is CN1CCCCCCCCO[C@@H]2CN(C(=O)CCc3ccnn3C)C[C@H]2Oc2ccccc2C1=O. The van der Waals surface area contributed by atoms with Crippen molar-refractivity contribution >= 4 is 11.8 Å². The van der Waals surface area contributed by atoms with E-state index in [-0.39, 0.29) is 24.0 Å². The smallest absolute Gasteiger partial charge is 0.257 e. The number of likely N-dealkylation sites (tertiary alicyclic amines) is 1. The van der Waals surface area contributed by atoms with Gasteiger partial charge in [0.15, 0.2) is 0 Å². The highest BCUT2D eigenvalue weighted by Gasteiger charge is 2.38. The summed E-state index contributed by atoms with van der Waals surface area (Å²) in [6.07, 6.45) is 8.88. The Kier molecular flexibility index (Phi) is 8.79. The Morgan fingerprint density at radius 3 is 2.54 bits per heavy atom. The van der Waals surface area contributed by atoms with Gasteiger partial charge in [-0.15, -0.1) is 0 Å². The van der Waals surface area contributed by atoms with Gasteiger partial charge in [-0.25, -0.2) is 0 Å². The minimum absolute atomic E-state index is 0.0349. The van der Waals surface area contributed by atoms with Gasteiger partial charge in [0, 0.05) is 45.6 Å². The molecule has 0 aliphatic carbocycles. The summed E-state index contributed by atoms with van der Waals surface area (Å²) < 4.78 is 14.5. The third kappa shape index (κ3) is 6.63. The summed E-state index contributed by atoms with van der Waals surface area (Å²) >= 11 is 0. The average molecular weight is 483 g/mol. The summed E-state index contributed by atoms with van der Waals surface area (Å²) in [6.45, 7) is 2.35. The number of benzene rings is 1. The molecule has 8 nitrogen and oxygen atoms in total. The lowest BCUT2D eigenvalue weighted by molar-refractivity contribution is -0.130. The molecule has 1 aromatic heterocycles. The summed E-state index contributed by atoms with van der Waals surface area (Å²) in [5.74, 6) is 0.604. The van der Waals surface area contributed by atoms with Crippen molar-refractivity contribution in [1.29, 1.82) is 0 Å². The number of aromatic nitrogens is 2. The fourth-order valence-electron chi connectivity index (χ4n) is 4.87. The fourth-order valence-corrected chi connectivity index (χ4v) is 4.87. The van der Waals surface area contributed by atoms with E-state index in [9.17, 15) is 9.59 Å². The third-order valence-corrected chi connectivity index (χ3v) is 7.05. The van der Waals surface area contributed by atoms with E-state index in [1.807, 2.05) is 49.3 Å². The molecule has 0 N–H and O–H groups in total. The molecule has 8 heteroatoms. The van der Waals surface area contributed by atoms with Gasteiger partial charge in [-0.1, -0.05) is 37.8 Å². The summed E-state index contributed by atoms with van der Waals surface area (Å²) in [5.41, 5.74) is 1.59. The molecule has 1 fully saturated rings. The maximum absolute atomic E-state index is 13.2. The van der Waals surface area contributed by atoms with Crippen LogP contribution in [0.3, 0.4) is 0 Å². The summed E-state index contributed by atoms with van der Waals surface area (Å²) in [6, 6.07) is 9.35. The summed E-state index contributed by atoms with van der Waals surface area (Å²) in [7, 11) is 3.74. The van der Waals surface area contributed by atoms with E-state index in [2.05, 4.69) is 5.10 Å². The molecule has 35 heavy (non-hydrogen) atoms. The van der Waals surface area contributed by atoms with Crippen LogP contribution in [-0.2, 0) is 23.0 Å². The first-order valence-corrected chi connectivity index (χ1v) is 12.9. The van der Waals surface area contributed by atoms with Gasteiger partial charge in [-0.05, 0) is 37.5 Å². The number of hydrogen-bond donors (Lipinski definition) is 0. The fraction of sp³-hybridized carbons (Fsp3) is 0.593. The number of amides is 2. The van der Waals surface area contributed by atoms with Crippen molar-refractivity contribution in [3.05, 3.63) is 47.8 Å². The van der Waals surface area contributed by atoms with Gasteiger partial charge in [-0.2, -0.15) is 5.10 Å². The molecule has 1 saturated heterocycles. The van der Waals surface area contributed by atoms with Crippen molar-refractivity contribution in [1.82, 2.24) is 19.6 Å². The Labute approximate surface area is 208 Å². The molecule has 0 radical (unpaired) electrons. The van der Waals surface area contributed by atoms with E-state index in [1.165, 1.54) is 12.8 Å². The highest BCUT2D eigenvalue weighted by molar-refractivity contribution is 5.96. The predicted molar refractivity (Wildman–Crippen MR) is 133 cm³/mol. The van der Waals surface area contributed by atoms with Crippen LogP contribution in [0.25, 0.3) is 0 Å². The van der Waals surface area contributed by atoms with E-state index in [0.29, 0.717) is 43.9 Å². The molecular weight excluding hydrogens is 444 g/mol. The van der Waals surface area contributed by atoms with Gasteiger partial charge < -0.3 is 19.3 Å². The van der Waals surface area contributed by atoms with Crippen molar-refractivity contribution in [3.8, 4) is 5.75 Å². The lowest BCUT2D eigenvalue weighted by Crippen LogP contribution is -2.34. The lowest BCUT2D eigenvalue weighted by atomic mass is 10.1. The van der Waals surface area contributed by atoms with Crippen LogP contribution in [0.5, 0.6) is 5.75 Å². The van der Waals surface area contributed by atoms with Gasteiger partial charge in [0.1, 0.15) is 18.0 Å². The molecule has 2 atom stereocenters. The summed E-state index contributed by atoms with van der Waals surface area (Å²) in [4.78, 5) is 29.8. The van der Waals surface area contributed by atoms with Crippen LogP contribution >= 0.6 is 0 Å². The van der Waals surface area contributed by atoms with Gasteiger partial charge in [-0.3, -0.25) is 14.3 Å². The molecule has 2 aliphatic rings. The van der Waals surface area contributed by atoms with E-state index in [0.717, 1.165) is 37.9 Å². The number of hydrogen-bond acceptors (Lipinski definition) is 5. The van der Waals surface area contributed by atoms with E-state index < -0.39 is 0 Å². The molecule has 0 spiro atoms. The number of carbonyl (C=O) groups is 2. The van der Waals surface area contributed by atoms with Gasteiger partial charge in [0.2, 0.25) is 5.91 Å². The third-order valence-electron chi connectivity index (χ3n) is 7.05. The maximum atomic E-state index is 13.2. The van der Waals surface area contributed by atoms with Crippen molar-refractivity contribution in [2.45, 2.75) is 63.6 Å². The number of aryl methyl sites for hydroxylation is 2. The molecule has 0 bridgehead atoms. The van der Waals surface area contributed by atoms with Crippen LogP contribution in [0.4, 0.5) is 0 Å².